The summed E-state index contributed by atoms with van der Waals surface area (Å²) in [6.45, 7) is 0.673. The molecule has 2 aliphatic rings. The number of thioether (sulfide) groups is 2. The standard InChI is InChI=1S/C21H22N2O3S2/c24-19(14-26-18-8-6-15(7-9-18)21-27-11-12-28-21)22-16-3-1-4-17(13-16)23-10-2-5-20(23)25/h1,3-4,6-9,13,21H,2,5,10-12,14H2,(H,22,24). The van der Waals surface area contributed by atoms with Crippen molar-refractivity contribution >= 4 is 46.7 Å². The molecule has 0 unspecified atom stereocenters. The average molecular weight is 415 g/mol. The third kappa shape index (κ3) is 4.64. The summed E-state index contributed by atoms with van der Waals surface area (Å²) < 4.78 is 6.12. The first-order valence-corrected chi connectivity index (χ1v) is 11.4. The van der Waals surface area contributed by atoms with Crippen LogP contribution in [-0.4, -0.2) is 36.5 Å². The minimum absolute atomic E-state index is 0.0564. The Morgan fingerprint density at radius 3 is 2.64 bits per heavy atom. The third-order valence-electron chi connectivity index (χ3n) is 4.66. The van der Waals surface area contributed by atoms with E-state index < -0.39 is 0 Å². The number of carbonyl (C=O) groups excluding carboxylic acids is 2. The van der Waals surface area contributed by atoms with Gasteiger partial charge in [0.25, 0.3) is 5.91 Å². The molecule has 2 aromatic carbocycles. The van der Waals surface area contributed by atoms with Crippen LogP contribution in [0.15, 0.2) is 48.5 Å². The molecule has 2 aliphatic heterocycles. The molecule has 2 saturated heterocycles. The molecule has 146 valence electrons. The predicted octanol–water partition coefficient (Wildman–Crippen LogP) is 4.31. The molecule has 2 amide bonds. The van der Waals surface area contributed by atoms with E-state index in [2.05, 4.69) is 17.4 Å². The van der Waals surface area contributed by atoms with Crippen molar-refractivity contribution in [3.8, 4) is 5.75 Å². The smallest absolute Gasteiger partial charge is 0.262 e. The van der Waals surface area contributed by atoms with E-state index in [1.807, 2.05) is 59.9 Å². The number of nitrogens with zero attached hydrogens (tertiary/aromatic N) is 1. The van der Waals surface area contributed by atoms with Crippen LogP contribution >= 0.6 is 23.5 Å². The molecular formula is C21H22N2O3S2. The van der Waals surface area contributed by atoms with Gasteiger partial charge in [-0.05, 0) is 42.3 Å². The summed E-state index contributed by atoms with van der Waals surface area (Å²) >= 11 is 3.93. The van der Waals surface area contributed by atoms with Crippen molar-refractivity contribution in [2.24, 2.45) is 0 Å². The maximum absolute atomic E-state index is 12.2. The zero-order valence-electron chi connectivity index (χ0n) is 15.4. The Labute approximate surface area is 173 Å². The van der Waals surface area contributed by atoms with Gasteiger partial charge in [-0.25, -0.2) is 0 Å². The highest BCUT2D eigenvalue weighted by Gasteiger charge is 2.22. The Kier molecular flexibility index (Phi) is 6.12. The van der Waals surface area contributed by atoms with Crippen LogP contribution in [0.5, 0.6) is 5.75 Å². The number of rotatable bonds is 6. The molecule has 2 heterocycles. The molecule has 0 spiro atoms. The van der Waals surface area contributed by atoms with Crippen molar-refractivity contribution < 1.29 is 14.3 Å². The maximum Gasteiger partial charge on any atom is 0.262 e. The van der Waals surface area contributed by atoms with E-state index in [0.29, 0.717) is 22.4 Å². The van der Waals surface area contributed by atoms with Crippen molar-refractivity contribution in [3.05, 3.63) is 54.1 Å². The number of benzene rings is 2. The fourth-order valence-electron chi connectivity index (χ4n) is 3.29. The quantitative estimate of drug-likeness (QED) is 0.763. The summed E-state index contributed by atoms with van der Waals surface area (Å²) in [5, 5.41) is 2.84. The lowest BCUT2D eigenvalue weighted by Gasteiger charge is -2.17. The van der Waals surface area contributed by atoms with E-state index >= 15 is 0 Å². The van der Waals surface area contributed by atoms with E-state index in [0.717, 1.165) is 18.7 Å². The molecule has 0 aromatic heterocycles. The number of hydrogen-bond acceptors (Lipinski definition) is 5. The first-order chi connectivity index (χ1) is 13.7. The Balaban J connectivity index is 1.30. The third-order valence-corrected chi connectivity index (χ3v) is 7.76. The second-order valence-corrected chi connectivity index (χ2v) is 9.40. The summed E-state index contributed by atoms with van der Waals surface area (Å²) in [6, 6.07) is 15.3. The number of anilines is 2. The van der Waals surface area contributed by atoms with Crippen LogP contribution in [-0.2, 0) is 9.59 Å². The molecule has 1 N–H and O–H groups in total. The molecule has 5 nitrogen and oxygen atoms in total. The molecule has 0 atom stereocenters. The van der Waals surface area contributed by atoms with Crippen molar-refractivity contribution in [1.29, 1.82) is 0 Å². The lowest BCUT2D eigenvalue weighted by atomic mass is 10.2. The van der Waals surface area contributed by atoms with Crippen LogP contribution < -0.4 is 15.0 Å². The summed E-state index contributed by atoms with van der Waals surface area (Å²) in [5.74, 6) is 2.98. The summed E-state index contributed by atoms with van der Waals surface area (Å²) in [5.41, 5.74) is 2.77. The van der Waals surface area contributed by atoms with Crippen LogP contribution in [0.25, 0.3) is 0 Å². The Morgan fingerprint density at radius 1 is 1.14 bits per heavy atom. The first kappa shape index (κ1) is 19.2. The molecule has 2 aromatic rings. The Morgan fingerprint density at radius 2 is 1.93 bits per heavy atom. The number of amides is 2. The molecule has 4 rings (SSSR count). The minimum atomic E-state index is -0.226. The molecule has 0 radical (unpaired) electrons. The average Bonchev–Trinajstić information content (AvgIpc) is 3.39. The van der Waals surface area contributed by atoms with E-state index in [1.165, 1.54) is 17.1 Å². The van der Waals surface area contributed by atoms with Gasteiger partial charge in [0.2, 0.25) is 5.91 Å². The normalized spacial score (nSPS) is 17.1. The lowest BCUT2D eigenvalue weighted by molar-refractivity contribution is -0.118. The second kappa shape index (κ2) is 8.92. The maximum atomic E-state index is 12.2. The highest BCUT2D eigenvalue weighted by atomic mass is 32.2. The van der Waals surface area contributed by atoms with Gasteiger partial charge in [-0.2, -0.15) is 0 Å². The first-order valence-electron chi connectivity index (χ1n) is 9.35. The minimum Gasteiger partial charge on any atom is -0.484 e. The molecule has 0 aliphatic carbocycles. The molecule has 2 fully saturated rings. The summed E-state index contributed by atoms with van der Waals surface area (Å²) in [4.78, 5) is 25.9. The highest BCUT2D eigenvalue weighted by molar-refractivity contribution is 8.19. The SMILES string of the molecule is O=C(COc1ccc(C2SCCS2)cc1)Nc1cccc(N2CCCC2=O)c1. The van der Waals surface area contributed by atoms with Gasteiger partial charge in [0.05, 0.1) is 4.58 Å². The van der Waals surface area contributed by atoms with Crippen molar-refractivity contribution in [3.63, 3.8) is 0 Å². The van der Waals surface area contributed by atoms with Crippen molar-refractivity contribution in [2.75, 3.05) is 34.9 Å². The zero-order chi connectivity index (χ0) is 19.3. The van der Waals surface area contributed by atoms with E-state index in [-0.39, 0.29) is 18.4 Å². The molecule has 28 heavy (non-hydrogen) atoms. The van der Waals surface area contributed by atoms with E-state index in [1.54, 1.807) is 4.90 Å². The van der Waals surface area contributed by atoms with Gasteiger partial charge in [0.1, 0.15) is 5.75 Å². The molecular weight excluding hydrogens is 392 g/mol. The number of carbonyl (C=O) groups is 2. The van der Waals surface area contributed by atoms with Gasteiger partial charge in [-0.3, -0.25) is 9.59 Å². The lowest BCUT2D eigenvalue weighted by Crippen LogP contribution is -2.24. The highest BCUT2D eigenvalue weighted by Crippen LogP contribution is 2.45. The zero-order valence-corrected chi connectivity index (χ0v) is 17.1. The van der Waals surface area contributed by atoms with Gasteiger partial charge in [-0.1, -0.05) is 18.2 Å². The predicted molar refractivity (Wildman–Crippen MR) is 116 cm³/mol. The van der Waals surface area contributed by atoms with Gasteiger partial charge in [0.15, 0.2) is 6.61 Å². The summed E-state index contributed by atoms with van der Waals surface area (Å²) in [7, 11) is 0. The van der Waals surface area contributed by atoms with Crippen molar-refractivity contribution in [2.45, 2.75) is 17.4 Å². The fraction of sp³-hybridized carbons (Fsp3) is 0.333. The monoisotopic (exact) mass is 414 g/mol. The molecule has 0 bridgehead atoms. The number of nitrogens with one attached hydrogen (secondary N) is 1. The van der Waals surface area contributed by atoms with Crippen LogP contribution in [0.2, 0.25) is 0 Å². The fourth-order valence-corrected chi connectivity index (χ4v) is 6.15. The van der Waals surface area contributed by atoms with E-state index in [9.17, 15) is 9.59 Å². The topological polar surface area (TPSA) is 58.6 Å². The molecule has 0 saturated carbocycles. The number of hydrogen-bond donors (Lipinski definition) is 1. The van der Waals surface area contributed by atoms with Crippen LogP contribution in [0, 0.1) is 0 Å². The van der Waals surface area contributed by atoms with Gasteiger partial charge in [0, 0.05) is 35.8 Å². The second-order valence-electron chi connectivity index (χ2n) is 6.68. The Bertz CT molecular complexity index is 851. The van der Waals surface area contributed by atoms with Gasteiger partial charge >= 0.3 is 0 Å². The largest absolute Gasteiger partial charge is 0.484 e. The van der Waals surface area contributed by atoms with Gasteiger partial charge in [-0.15, -0.1) is 23.5 Å². The summed E-state index contributed by atoms with van der Waals surface area (Å²) in [6.07, 6.45) is 1.46. The Hall–Kier alpha value is -2.12. The van der Waals surface area contributed by atoms with Crippen LogP contribution in [0.3, 0.4) is 0 Å². The molecule has 7 heteroatoms. The van der Waals surface area contributed by atoms with Crippen LogP contribution in [0.4, 0.5) is 11.4 Å². The van der Waals surface area contributed by atoms with Crippen molar-refractivity contribution in [1.82, 2.24) is 0 Å². The van der Waals surface area contributed by atoms with Gasteiger partial charge < -0.3 is 15.0 Å². The number of ether oxygens (including phenoxy) is 1. The van der Waals surface area contributed by atoms with E-state index in [4.69, 9.17) is 4.74 Å². The van der Waals surface area contributed by atoms with Crippen LogP contribution in [0.1, 0.15) is 23.0 Å².